The van der Waals surface area contributed by atoms with Gasteiger partial charge in [0.25, 0.3) is 11.8 Å². The van der Waals surface area contributed by atoms with Crippen molar-refractivity contribution in [3.8, 4) is 23.0 Å². The Kier molecular flexibility index (Phi) is 16.2. The molecular weight excluding hydrogens is 1070 g/mol. The van der Waals surface area contributed by atoms with Crippen molar-refractivity contribution >= 4 is 53.4 Å². The number of carbonyl (C=O) groups excluding carboxylic acids is 2. The number of amides is 2. The number of ether oxygens (including phenoxy) is 2. The Morgan fingerprint density at radius 3 is 0.988 bits per heavy atom. The Hall–Kier alpha value is -6.98. The molecule has 3 aliphatic rings. The Morgan fingerprint density at radius 2 is 0.695 bits per heavy atom. The summed E-state index contributed by atoms with van der Waals surface area (Å²) in [6, 6.07) is 29.3. The summed E-state index contributed by atoms with van der Waals surface area (Å²) < 4.78 is 75.0. The zero-order chi connectivity index (χ0) is 59.5. The van der Waals surface area contributed by atoms with Gasteiger partial charge in [-0.3, -0.25) is 9.59 Å². The van der Waals surface area contributed by atoms with Crippen molar-refractivity contribution in [2.75, 3.05) is 39.4 Å². The van der Waals surface area contributed by atoms with E-state index >= 15 is 0 Å². The van der Waals surface area contributed by atoms with Gasteiger partial charge in [0.1, 0.15) is 23.0 Å². The molecule has 16 heteroatoms. The summed E-state index contributed by atoms with van der Waals surface area (Å²) in [6.45, 7) is 24.0. The summed E-state index contributed by atoms with van der Waals surface area (Å²) in [5, 5.41) is 32.8. The third kappa shape index (κ3) is 12.9. The molecule has 7 aromatic carbocycles. The highest BCUT2D eigenvalue weighted by molar-refractivity contribution is 7.90. The number of aromatic hydroxyl groups is 2. The molecule has 2 aliphatic heterocycles. The fourth-order valence-electron chi connectivity index (χ4n) is 10.8. The molecule has 2 amide bonds. The minimum absolute atomic E-state index is 0.0693. The molecule has 0 unspecified atom stereocenters. The van der Waals surface area contributed by atoms with Gasteiger partial charge in [-0.1, -0.05) is 156 Å². The van der Waals surface area contributed by atoms with Gasteiger partial charge in [-0.25, -0.2) is 26.3 Å². The minimum atomic E-state index is -4.22. The van der Waals surface area contributed by atoms with Crippen molar-refractivity contribution < 1.29 is 46.1 Å². The molecule has 82 heavy (non-hydrogen) atoms. The number of carbonyl (C=O) groups is 2. The van der Waals surface area contributed by atoms with Crippen LogP contribution in [0.5, 0.6) is 23.0 Å². The maximum absolute atomic E-state index is 14.1. The second-order valence-corrected chi connectivity index (χ2v) is 29.6. The lowest BCUT2D eigenvalue weighted by atomic mass is 9.79. The van der Waals surface area contributed by atoms with Gasteiger partial charge < -0.3 is 30.3 Å². The Morgan fingerprint density at radius 1 is 0.402 bits per heavy atom. The van der Waals surface area contributed by atoms with Gasteiger partial charge >= 0.3 is 0 Å². The van der Waals surface area contributed by atoms with Crippen LogP contribution in [0, 0.1) is 0 Å². The van der Waals surface area contributed by atoms with Gasteiger partial charge in [0.05, 0.1) is 9.79 Å². The van der Waals surface area contributed by atoms with Crippen molar-refractivity contribution in [1.82, 2.24) is 20.1 Å². The first-order chi connectivity index (χ1) is 38.3. The lowest BCUT2D eigenvalue weighted by molar-refractivity contribution is -0.123. The van der Waals surface area contributed by atoms with Gasteiger partial charge in [-0.15, -0.1) is 0 Å². The summed E-state index contributed by atoms with van der Waals surface area (Å²) in [5.74, 6) is -0.0432. The quantitative estimate of drug-likeness (QED) is 0.0625. The van der Waals surface area contributed by atoms with Crippen molar-refractivity contribution in [3.05, 3.63) is 164 Å². The molecule has 0 saturated carbocycles. The van der Waals surface area contributed by atoms with Crippen LogP contribution in [-0.4, -0.2) is 78.3 Å². The number of hydrogen-bond acceptors (Lipinski definition) is 10. The van der Waals surface area contributed by atoms with Crippen LogP contribution in [0.2, 0.25) is 0 Å². The molecule has 10 rings (SSSR count). The largest absolute Gasteiger partial charge is 0.507 e. The number of sulfonamides is 2. The molecule has 12 bridgehead atoms. The summed E-state index contributed by atoms with van der Waals surface area (Å²) in [7, 11) is -8.44. The van der Waals surface area contributed by atoms with E-state index in [-0.39, 0.29) is 94.8 Å². The van der Waals surface area contributed by atoms with E-state index in [0.717, 1.165) is 22.3 Å². The zero-order valence-corrected chi connectivity index (χ0v) is 50.9. The number of rotatable bonds is 0. The maximum Gasteiger partial charge on any atom is 0.257 e. The predicted molar refractivity (Wildman–Crippen MR) is 324 cm³/mol. The lowest BCUT2D eigenvalue weighted by Crippen LogP contribution is -2.37. The number of nitrogens with one attached hydrogen (secondary N) is 4. The molecule has 7 aromatic rings. The second kappa shape index (κ2) is 22.3. The third-order valence-corrected chi connectivity index (χ3v) is 18.6. The monoisotopic (exact) mass is 1150 g/mol. The van der Waals surface area contributed by atoms with E-state index in [1.54, 1.807) is 36.4 Å². The Balaban J connectivity index is 1.24. The highest BCUT2D eigenvalue weighted by atomic mass is 32.2. The van der Waals surface area contributed by atoms with Gasteiger partial charge in [-0.05, 0) is 123 Å². The first-order valence-corrected chi connectivity index (χ1v) is 31.0. The van der Waals surface area contributed by atoms with E-state index in [4.69, 9.17) is 9.47 Å². The standard InChI is InChI=1S/C66H78N4O10S2/c1-63(2,3)49-28-41-24-45-32-51(65(7,8)9)34-47-26-43-30-50(64(4,5)6)31-44(60(43)74)27-48-35-52(66(10,11)12)33-46(25-42(29-49)59(41)73)62(48)80-38-58(72)68-20-22-70-82(77,78)56-18-14-16-40-23-39-15-13-17-55(53(39)36-54(40)56)81(75,76)69-21-19-67-57(71)37-79-61(45)47/h13-18,23,28-36,69-70,73-74H,19-22,24-27,37-38H2,1-12H3,(H,67,71)(H,68,72). The molecule has 0 saturated heterocycles. The van der Waals surface area contributed by atoms with Crippen molar-refractivity contribution in [2.45, 2.75) is 140 Å². The first-order valence-electron chi connectivity index (χ1n) is 28.0. The topological polar surface area (TPSA) is 209 Å². The minimum Gasteiger partial charge on any atom is -0.507 e. The molecule has 0 fully saturated rings. The van der Waals surface area contributed by atoms with Crippen LogP contribution in [0.15, 0.2) is 107 Å². The van der Waals surface area contributed by atoms with Crippen LogP contribution in [-0.2, 0) is 77.0 Å². The van der Waals surface area contributed by atoms with Gasteiger partial charge in [0, 0.05) is 62.6 Å². The molecular formula is C66H78N4O10S2. The molecule has 0 radical (unpaired) electrons. The Bertz CT molecular complexity index is 3570. The molecule has 6 N–H and O–H groups in total. The fraction of sp³-hybridized carbons (Fsp3) is 0.394. The number of benzene rings is 7. The van der Waals surface area contributed by atoms with E-state index in [1.165, 1.54) is 12.1 Å². The smallest absolute Gasteiger partial charge is 0.257 e. The number of hydrogen-bond donors (Lipinski definition) is 6. The molecule has 0 atom stereocenters. The van der Waals surface area contributed by atoms with Crippen LogP contribution < -0.4 is 29.6 Å². The molecule has 0 spiro atoms. The van der Waals surface area contributed by atoms with Crippen molar-refractivity contribution in [1.29, 1.82) is 0 Å². The van der Waals surface area contributed by atoms with Crippen LogP contribution in [0.1, 0.15) is 150 Å². The molecule has 434 valence electrons. The SMILES string of the molecule is CC(C)(C)c1cc2c(O)c(c1)Cc1cc(C(C)(C)C)cc3c1OCC(=O)NCCNS(=O)(=O)c1cccc4cc5cccc(c5cc14)S(=O)(=O)NCCNC(=O)COc1c(cc(C(C)(C)C)cc1Cc1cc(C(C)(C)C)cc(c1O)C3)C2. The summed E-state index contributed by atoms with van der Waals surface area (Å²) in [4.78, 5) is 27.8. The fourth-order valence-corrected chi connectivity index (χ4v) is 13.3. The average molecular weight is 1150 g/mol. The van der Waals surface area contributed by atoms with Crippen molar-refractivity contribution in [3.63, 3.8) is 0 Å². The highest BCUT2D eigenvalue weighted by Crippen LogP contribution is 2.44. The van der Waals surface area contributed by atoms with Crippen LogP contribution in [0.3, 0.4) is 0 Å². The van der Waals surface area contributed by atoms with Crippen molar-refractivity contribution in [2.24, 2.45) is 0 Å². The number of phenolic OH excluding ortho intramolecular Hbond substituents is 2. The predicted octanol–water partition coefficient (Wildman–Crippen LogP) is 10.5. The van der Waals surface area contributed by atoms with Crippen LogP contribution in [0.4, 0.5) is 0 Å². The molecule has 2 heterocycles. The lowest BCUT2D eigenvalue weighted by Gasteiger charge is -2.28. The summed E-state index contributed by atoms with van der Waals surface area (Å²) >= 11 is 0. The van der Waals surface area contributed by atoms with E-state index in [9.17, 15) is 36.6 Å². The van der Waals surface area contributed by atoms with E-state index in [1.807, 2.05) is 24.3 Å². The number of fused-ring (bicyclic) bond motifs is 14. The maximum atomic E-state index is 14.1. The summed E-state index contributed by atoms with van der Waals surface area (Å²) in [5.41, 5.74) is 7.74. The second-order valence-electron chi connectivity index (χ2n) is 26.1. The van der Waals surface area contributed by atoms with Crippen LogP contribution in [0.25, 0.3) is 21.5 Å². The molecule has 14 nitrogen and oxygen atoms in total. The highest BCUT2D eigenvalue weighted by Gasteiger charge is 2.30. The average Bonchev–Trinajstić information content (AvgIpc) is 3.43. The zero-order valence-electron chi connectivity index (χ0n) is 49.3. The van der Waals surface area contributed by atoms with Gasteiger partial charge in [-0.2, -0.15) is 0 Å². The molecule has 0 aromatic heterocycles. The third-order valence-electron chi connectivity index (χ3n) is 15.6. The van der Waals surface area contributed by atoms with Gasteiger partial charge in [0.2, 0.25) is 20.0 Å². The normalized spacial score (nSPS) is 16.9. The Labute approximate surface area is 483 Å². The number of phenols is 2. The van der Waals surface area contributed by atoms with E-state index in [0.29, 0.717) is 77.6 Å². The first kappa shape index (κ1) is 59.6. The van der Waals surface area contributed by atoms with E-state index in [2.05, 4.69) is 127 Å². The van der Waals surface area contributed by atoms with Gasteiger partial charge in [0.15, 0.2) is 13.2 Å². The summed E-state index contributed by atoms with van der Waals surface area (Å²) in [6.07, 6.45) is 0.762. The van der Waals surface area contributed by atoms with Crippen LogP contribution >= 0.6 is 0 Å². The molecule has 1 aliphatic carbocycles. The van der Waals surface area contributed by atoms with E-state index < -0.39 is 45.1 Å².